The summed E-state index contributed by atoms with van der Waals surface area (Å²) in [5.74, 6) is 1.10. The number of nitrogens with two attached hydrogens (primary N) is 1. The number of hydrogen-bond acceptors (Lipinski definition) is 3. The van der Waals surface area contributed by atoms with Crippen LogP contribution in [-0.2, 0) is 11.3 Å². The lowest BCUT2D eigenvalue weighted by Crippen LogP contribution is -2.42. The SMILES string of the molecule is N[C@@H]1CCC[C@@H]1C(=O)N1CCOc2ccccc2C1. The van der Waals surface area contributed by atoms with E-state index in [-0.39, 0.29) is 17.9 Å². The highest BCUT2D eigenvalue weighted by molar-refractivity contribution is 5.80. The second-order valence-electron chi connectivity index (χ2n) is 5.42. The number of nitrogens with zero attached hydrogens (tertiary/aromatic N) is 1. The summed E-state index contributed by atoms with van der Waals surface area (Å²) >= 11 is 0. The lowest BCUT2D eigenvalue weighted by molar-refractivity contribution is -0.136. The van der Waals surface area contributed by atoms with Gasteiger partial charge in [0, 0.05) is 18.2 Å². The van der Waals surface area contributed by atoms with Crippen molar-refractivity contribution in [3.05, 3.63) is 29.8 Å². The molecular weight excluding hydrogens is 240 g/mol. The van der Waals surface area contributed by atoms with E-state index in [9.17, 15) is 4.79 Å². The van der Waals surface area contributed by atoms with E-state index in [1.807, 2.05) is 29.2 Å². The molecule has 0 aromatic heterocycles. The summed E-state index contributed by atoms with van der Waals surface area (Å²) in [4.78, 5) is 14.5. The van der Waals surface area contributed by atoms with Gasteiger partial charge in [-0.25, -0.2) is 0 Å². The van der Waals surface area contributed by atoms with Gasteiger partial charge in [0.2, 0.25) is 5.91 Å². The molecule has 4 heteroatoms. The van der Waals surface area contributed by atoms with Crippen LogP contribution >= 0.6 is 0 Å². The molecule has 2 aliphatic rings. The zero-order valence-corrected chi connectivity index (χ0v) is 11.0. The van der Waals surface area contributed by atoms with Crippen molar-refractivity contribution >= 4 is 5.91 Å². The van der Waals surface area contributed by atoms with Crippen molar-refractivity contribution in [2.24, 2.45) is 11.7 Å². The van der Waals surface area contributed by atoms with Crippen LogP contribution in [0.4, 0.5) is 0 Å². The lowest BCUT2D eigenvalue weighted by Gasteiger charge is -2.25. The fraction of sp³-hybridized carbons (Fsp3) is 0.533. The maximum absolute atomic E-state index is 12.6. The Morgan fingerprint density at radius 1 is 1.32 bits per heavy atom. The van der Waals surface area contributed by atoms with E-state index >= 15 is 0 Å². The molecule has 1 amide bonds. The van der Waals surface area contributed by atoms with Crippen LogP contribution in [0.25, 0.3) is 0 Å². The third-order valence-electron chi connectivity index (χ3n) is 4.15. The van der Waals surface area contributed by atoms with Crippen molar-refractivity contribution in [3.8, 4) is 5.75 Å². The van der Waals surface area contributed by atoms with Crippen molar-refractivity contribution in [2.45, 2.75) is 31.8 Å². The summed E-state index contributed by atoms with van der Waals surface area (Å²) in [7, 11) is 0. The predicted octanol–water partition coefficient (Wildman–Crippen LogP) is 1.53. The second kappa shape index (κ2) is 5.21. The molecule has 0 unspecified atom stereocenters. The van der Waals surface area contributed by atoms with E-state index in [0.717, 1.165) is 30.6 Å². The molecule has 1 fully saturated rings. The molecule has 19 heavy (non-hydrogen) atoms. The average molecular weight is 260 g/mol. The van der Waals surface area contributed by atoms with Crippen molar-refractivity contribution in [2.75, 3.05) is 13.2 Å². The van der Waals surface area contributed by atoms with Crippen LogP contribution in [0, 0.1) is 5.92 Å². The van der Waals surface area contributed by atoms with Gasteiger partial charge in [0.1, 0.15) is 12.4 Å². The summed E-state index contributed by atoms with van der Waals surface area (Å²) in [6.07, 6.45) is 2.97. The van der Waals surface area contributed by atoms with Gasteiger partial charge in [-0.3, -0.25) is 4.79 Å². The van der Waals surface area contributed by atoms with Crippen molar-refractivity contribution in [1.82, 2.24) is 4.90 Å². The Labute approximate surface area is 113 Å². The fourth-order valence-electron chi connectivity index (χ4n) is 3.04. The van der Waals surface area contributed by atoms with Gasteiger partial charge < -0.3 is 15.4 Å². The minimum Gasteiger partial charge on any atom is -0.491 e. The minimum atomic E-state index is 0.00487. The summed E-state index contributed by atoms with van der Waals surface area (Å²) in [5.41, 5.74) is 7.12. The van der Waals surface area contributed by atoms with Gasteiger partial charge in [0.15, 0.2) is 0 Å². The van der Waals surface area contributed by atoms with Gasteiger partial charge in [-0.1, -0.05) is 24.6 Å². The number of hydrogen-bond donors (Lipinski definition) is 1. The van der Waals surface area contributed by atoms with Gasteiger partial charge in [-0.05, 0) is 18.9 Å². The number of para-hydroxylation sites is 1. The topological polar surface area (TPSA) is 55.6 Å². The smallest absolute Gasteiger partial charge is 0.227 e. The number of carbonyl (C=O) groups excluding carboxylic acids is 1. The first-order valence-corrected chi connectivity index (χ1v) is 7.01. The number of rotatable bonds is 1. The highest BCUT2D eigenvalue weighted by atomic mass is 16.5. The maximum Gasteiger partial charge on any atom is 0.227 e. The Hall–Kier alpha value is -1.55. The molecule has 102 valence electrons. The van der Waals surface area contributed by atoms with Gasteiger partial charge in [-0.2, -0.15) is 0 Å². The Bertz CT molecular complexity index is 475. The second-order valence-corrected chi connectivity index (χ2v) is 5.42. The monoisotopic (exact) mass is 260 g/mol. The van der Waals surface area contributed by atoms with Gasteiger partial charge in [0.05, 0.1) is 12.5 Å². The van der Waals surface area contributed by atoms with Crippen molar-refractivity contribution < 1.29 is 9.53 Å². The fourth-order valence-corrected chi connectivity index (χ4v) is 3.04. The average Bonchev–Trinajstić information content (AvgIpc) is 2.73. The highest BCUT2D eigenvalue weighted by Gasteiger charge is 2.34. The van der Waals surface area contributed by atoms with E-state index in [2.05, 4.69) is 0 Å². The van der Waals surface area contributed by atoms with Gasteiger partial charge in [0.25, 0.3) is 0 Å². The van der Waals surface area contributed by atoms with E-state index in [1.165, 1.54) is 0 Å². The molecule has 0 spiro atoms. The first-order valence-electron chi connectivity index (χ1n) is 7.01. The molecule has 1 aliphatic heterocycles. The molecule has 1 saturated carbocycles. The largest absolute Gasteiger partial charge is 0.491 e. The van der Waals surface area contributed by atoms with Crippen LogP contribution in [0.3, 0.4) is 0 Å². The quantitative estimate of drug-likeness (QED) is 0.833. The number of benzene rings is 1. The molecule has 2 N–H and O–H groups in total. The molecule has 2 atom stereocenters. The summed E-state index contributed by atoms with van der Waals surface area (Å²) in [5, 5.41) is 0. The number of fused-ring (bicyclic) bond motifs is 1. The van der Waals surface area contributed by atoms with E-state index in [4.69, 9.17) is 10.5 Å². The normalized spacial score (nSPS) is 26.5. The third-order valence-corrected chi connectivity index (χ3v) is 4.15. The molecule has 1 aliphatic carbocycles. The summed E-state index contributed by atoms with van der Waals surface area (Å²) in [6.45, 7) is 1.85. The predicted molar refractivity (Wildman–Crippen MR) is 72.7 cm³/mol. The molecule has 3 rings (SSSR count). The highest BCUT2D eigenvalue weighted by Crippen LogP contribution is 2.28. The third kappa shape index (κ3) is 2.45. The minimum absolute atomic E-state index is 0.00487. The zero-order valence-electron chi connectivity index (χ0n) is 11.0. The van der Waals surface area contributed by atoms with Crippen LogP contribution < -0.4 is 10.5 Å². The van der Waals surface area contributed by atoms with Crippen LogP contribution in [0.1, 0.15) is 24.8 Å². The number of ether oxygens (including phenoxy) is 1. The number of amides is 1. The van der Waals surface area contributed by atoms with Crippen LogP contribution in [0.5, 0.6) is 5.75 Å². The Morgan fingerprint density at radius 2 is 2.16 bits per heavy atom. The molecular formula is C15H20N2O2. The Kier molecular flexibility index (Phi) is 3.42. The summed E-state index contributed by atoms with van der Waals surface area (Å²) in [6, 6.07) is 7.97. The van der Waals surface area contributed by atoms with Crippen LogP contribution in [0.15, 0.2) is 24.3 Å². The molecule has 0 bridgehead atoms. The zero-order chi connectivity index (χ0) is 13.2. The Balaban J connectivity index is 1.77. The summed E-state index contributed by atoms with van der Waals surface area (Å²) < 4.78 is 5.69. The van der Waals surface area contributed by atoms with Crippen molar-refractivity contribution in [3.63, 3.8) is 0 Å². The van der Waals surface area contributed by atoms with E-state index in [1.54, 1.807) is 0 Å². The van der Waals surface area contributed by atoms with Crippen molar-refractivity contribution in [1.29, 1.82) is 0 Å². The van der Waals surface area contributed by atoms with E-state index < -0.39 is 0 Å². The number of carbonyl (C=O) groups is 1. The Morgan fingerprint density at radius 3 is 2.95 bits per heavy atom. The molecule has 1 heterocycles. The first-order chi connectivity index (χ1) is 9.25. The molecule has 4 nitrogen and oxygen atoms in total. The van der Waals surface area contributed by atoms with Crippen LogP contribution in [0.2, 0.25) is 0 Å². The molecule has 0 saturated heterocycles. The first kappa shape index (κ1) is 12.5. The lowest BCUT2D eigenvalue weighted by atomic mass is 10.0. The van der Waals surface area contributed by atoms with Gasteiger partial charge in [-0.15, -0.1) is 0 Å². The molecule has 1 aromatic rings. The van der Waals surface area contributed by atoms with Crippen LogP contribution in [-0.4, -0.2) is 30.0 Å². The van der Waals surface area contributed by atoms with Gasteiger partial charge >= 0.3 is 0 Å². The van der Waals surface area contributed by atoms with E-state index in [0.29, 0.717) is 19.7 Å². The maximum atomic E-state index is 12.6. The standard InChI is InChI=1S/C15H20N2O2/c16-13-6-3-5-12(13)15(18)17-8-9-19-14-7-2-1-4-11(14)10-17/h1-2,4,7,12-13H,3,5-6,8-10,16H2/t12-,13+/m0/s1. The molecule has 0 radical (unpaired) electrons. The molecule has 1 aromatic carbocycles.